The summed E-state index contributed by atoms with van der Waals surface area (Å²) in [6.45, 7) is 4.55. The second-order valence-corrected chi connectivity index (χ2v) is 12.5. The van der Waals surface area contributed by atoms with Crippen molar-refractivity contribution in [3.05, 3.63) is 59.7 Å². The lowest BCUT2D eigenvalue weighted by Gasteiger charge is -2.57. The number of fused-ring (bicyclic) bond motifs is 1. The van der Waals surface area contributed by atoms with Gasteiger partial charge >= 0.3 is 0 Å². The van der Waals surface area contributed by atoms with E-state index in [4.69, 9.17) is 9.47 Å². The zero-order chi connectivity index (χ0) is 22.4. The molecule has 7 rings (SSSR count). The van der Waals surface area contributed by atoms with Gasteiger partial charge in [-0.15, -0.1) is 11.8 Å². The molecule has 0 spiro atoms. The summed E-state index contributed by atoms with van der Waals surface area (Å²) in [6.07, 6.45) is 10.1. The van der Waals surface area contributed by atoms with E-state index in [9.17, 15) is 0 Å². The van der Waals surface area contributed by atoms with Crippen molar-refractivity contribution >= 4 is 11.8 Å². The van der Waals surface area contributed by atoms with E-state index in [1.807, 2.05) is 11.8 Å². The fourth-order valence-corrected chi connectivity index (χ4v) is 8.66. The molecule has 0 aromatic heterocycles. The van der Waals surface area contributed by atoms with Gasteiger partial charge in [0.25, 0.3) is 0 Å². The highest BCUT2D eigenvalue weighted by Crippen LogP contribution is 2.58. The average molecular weight is 463 g/mol. The van der Waals surface area contributed by atoms with Crippen LogP contribution in [0.3, 0.4) is 0 Å². The Balaban J connectivity index is 1.30. The van der Waals surface area contributed by atoms with Crippen LogP contribution in [0.2, 0.25) is 0 Å². The Labute approximate surface area is 203 Å². The molecule has 3 heteroatoms. The number of rotatable bonds is 7. The van der Waals surface area contributed by atoms with Crippen LogP contribution in [-0.2, 0) is 4.74 Å². The molecule has 2 aromatic rings. The zero-order valence-corrected chi connectivity index (χ0v) is 21.0. The van der Waals surface area contributed by atoms with E-state index in [2.05, 4.69) is 62.4 Å². The first-order valence-corrected chi connectivity index (χ1v) is 14.3. The van der Waals surface area contributed by atoms with Crippen molar-refractivity contribution in [2.45, 2.75) is 93.8 Å². The van der Waals surface area contributed by atoms with E-state index >= 15 is 0 Å². The quantitative estimate of drug-likeness (QED) is 0.387. The SMILES string of the molecule is CCC(C)c1ccc(OC(OC23CC4CC(CC(C4)C2)C3)C2CCSc3ccccc32)cc1. The highest BCUT2D eigenvalue weighted by molar-refractivity contribution is 7.99. The van der Waals surface area contributed by atoms with Crippen LogP contribution >= 0.6 is 11.8 Å². The van der Waals surface area contributed by atoms with E-state index in [-0.39, 0.29) is 11.9 Å². The first-order valence-electron chi connectivity index (χ1n) is 13.3. The van der Waals surface area contributed by atoms with E-state index in [0.29, 0.717) is 11.8 Å². The van der Waals surface area contributed by atoms with Crippen molar-refractivity contribution in [2.24, 2.45) is 17.8 Å². The molecule has 4 saturated carbocycles. The second kappa shape index (κ2) is 8.96. The predicted octanol–water partition coefficient (Wildman–Crippen LogP) is 8.17. The lowest BCUT2D eigenvalue weighted by atomic mass is 9.54. The Kier molecular flexibility index (Phi) is 5.99. The Morgan fingerprint density at radius 1 is 0.939 bits per heavy atom. The maximum atomic E-state index is 7.22. The third-order valence-electron chi connectivity index (χ3n) is 9.00. The summed E-state index contributed by atoms with van der Waals surface area (Å²) in [4.78, 5) is 1.41. The third kappa shape index (κ3) is 4.36. The van der Waals surface area contributed by atoms with Crippen LogP contribution in [0, 0.1) is 17.8 Å². The summed E-state index contributed by atoms with van der Waals surface area (Å²) in [7, 11) is 0. The van der Waals surface area contributed by atoms with Crippen LogP contribution in [0.4, 0.5) is 0 Å². The Morgan fingerprint density at radius 3 is 2.27 bits per heavy atom. The first kappa shape index (κ1) is 22.0. The molecule has 0 N–H and O–H groups in total. The van der Waals surface area contributed by atoms with E-state index in [1.54, 1.807) is 0 Å². The average Bonchev–Trinajstić information content (AvgIpc) is 2.82. The minimum Gasteiger partial charge on any atom is -0.464 e. The smallest absolute Gasteiger partial charge is 0.207 e. The number of thioether (sulfide) groups is 1. The molecule has 0 radical (unpaired) electrons. The van der Waals surface area contributed by atoms with Crippen LogP contribution in [0.25, 0.3) is 0 Å². The summed E-state index contributed by atoms with van der Waals surface area (Å²) in [5.74, 6) is 5.60. The van der Waals surface area contributed by atoms with Gasteiger partial charge in [0.05, 0.1) is 5.60 Å². The molecular formula is C30H38O2S. The van der Waals surface area contributed by atoms with Crippen LogP contribution in [0.5, 0.6) is 5.75 Å². The molecule has 1 aliphatic heterocycles. The number of hydrogen-bond acceptors (Lipinski definition) is 3. The lowest BCUT2D eigenvalue weighted by molar-refractivity contribution is -0.238. The Hall–Kier alpha value is -1.45. The highest BCUT2D eigenvalue weighted by atomic mass is 32.2. The molecule has 0 saturated heterocycles. The van der Waals surface area contributed by atoms with Crippen LogP contribution < -0.4 is 4.74 Å². The van der Waals surface area contributed by atoms with Gasteiger partial charge in [0.1, 0.15) is 5.75 Å². The molecule has 33 heavy (non-hydrogen) atoms. The number of hydrogen-bond donors (Lipinski definition) is 0. The summed E-state index contributed by atoms with van der Waals surface area (Å²) < 4.78 is 14.0. The molecule has 4 bridgehead atoms. The van der Waals surface area contributed by atoms with Gasteiger partial charge < -0.3 is 9.47 Å². The molecule has 176 valence electrons. The fraction of sp³-hybridized carbons (Fsp3) is 0.600. The van der Waals surface area contributed by atoms with Gasteiger partial charge in [-0.25, -0.2) is 0 Å². The fourth-order valence-electron chi connectivity index (χ4n) is 7.51. The van der Waals surface area contributed by atoms with E-state index < -0.39 is 0 Å². The standard InChI is InChI=1S/C30H38O2S/c1-3-20(2)24-8-10-25(11-9-24)31-29(27-12-13-33-28-7-5-4-6-26(27)28)32-30-17-21-14-22(18-30)16-23(15-21)19-30/h4-11,20-23,27,29H,3,12-19H2,1-2H3. The summed E-state index contributed by atoms with van der Waals surface area (Å²) >= 11 is 1.98. The number of benzene rings is 2. The second-order valence-electron chi connectivity index (χ2n) is 11.4. The summed E-state index contributed by atoms with van der Waals surface area (Å²) in [5, 5.41) is 0. The maximum Gasteiger partial charge on any atom is 0.207 e. The van der Waals surface area contributed by atoms with Gasteiger partial charge in [0, 0.05) is 10.8 Å². The van der Waals surface area contributed by atoms with Gasteiger partial charge in [0.2, 0.25) is 6.29 Å². The first-order chi connectivity index (χ1) is 16.1. The largest absolute Gasteiger partial charge is 0.464 e. The van der Waals surface area contributed by atoms with Crippen molar-refractivity contribution in [1.82, 2.24) is 0 Å². The van der Waals surface area contributed by atoms with Crippen molar-refractivity contribution in [3.63, 3.8) is 0 Å². The molecule has 2 aromatic carbocycles. The van der Waals surface area contributed by atoms with Crippen molar-refractivity contribution in [3.8, 4) is 5.75 Å². The van der Waals surface area contributed by atoms with Gasteiger partial charge in [-0.05, 0) is 110 Å². The van der Waals surface area contributed by atoms with E-state index in [0.717, 1.165) is 42.1 Å². The van der Waals surface area contributed by atoms with Crippen LogP contribution in [0.1, 0.15) is 88.2 Å². The van der Waals surface area contributed by atoms with Gasteiger partial charge in [-0.3, -0.25) is 0 Å². The van der Waals surface area contributed by atoms with Gasteiger partial charge in [-0.1, -0.05) is 44.2 Å². The topological polar surface area (TPSA) is 18.5 Å². The van der Waals surface area contributed by atoms with Crippen LogP contribution in [0.15, 0.2) is 53.4 Å². The van der Waals surface area contributed by atoms with Crippen molar-refractivity contribution in [1.29, 1.82) is 0 Å². The van der Waals surface area contributed by atoms with Crippen molar-refractivity contribution in [2.75, 3.05) is 5.75 Å². The Morgan fingerprint density at radius 2 is 1.61 bits per heavy atom. The number of ether oxygens (including phenoxy) is 2. The third-order valence-corrected chi connectivity index (χ3v) is 10.1. The Bertz CT molecular complexity index is 932. The molecule has 4 fully saturated rings. The lowest BCUT2D eigenvalue weighted by Crippen LogP contribution is -2.54. The minimum absolute atomic E-state index is 0.0373. The zero-order valence-electron chi connectivity index (χ0n) is 20.2. The van der Waals surface area contributed by atoms with Gasteiger partial charge in [0.15, 0.2) is 0 Å². The highest BCUT2D eigenvalue weighted by Gasteiger charge is 2.53. The summed E-state index contributed by atoms with van der Waals surface area (Å²) in [6, 6.07) is 17.7. The molecule has 3 atom stereocenters. The monoisotopic (exact) mass is 462 g/mol. The molecule has 1 heterocycles. The van der Waals surface area contributed by atoms with Crippen LogP contribution in [-0.4, -0.2) is 17.6 Å². The molecule has 0 amide bonds. The molecular weight excluding hydrogens is 424 g/mol. The molecule has 2 nitrogen and oxygen atoms in total. The molecule has 4 aliphatic carbocycles. The normalized spacial score (nSPS) is 34.0. The molecule has 3 unspecified atom stereocenters. The predicted molar refractivity (Wildman–Crippen MR) is 136 cm³/mol. The van der Waals surface area contributed by atoms with Crippen molar-refractivity contribution < 1.29 is 9.47 Å². The molecule has 5 aliphatic rings. The van der Waals surface area contributed by atoms with Gasteiger partial charge in [-0.2, -0.15) is 0 Å². The maximum absolute atomic E-state index is 7.22. The summed E-state index contributed by atoms with van der Waals surface area (Å²) in [5.41, 5.74) is 2.85. The van der Waals surface area contributed by atoms with E-state index in [1.165, 1.54) is 54.5 Å². The minimum atomic E-state index is -0.210.